The topological polar surface area (TPSA) is 59.8 Å². The Hall–Kier alpha value is -1.87. The van der Waals surface area contributed by atoms with E-state index in [0.29, 0.717) is 38.0 Å². The fourth-order valence-electron chi connectivity index (χ4n) is 5.22. The predicted octanol–water partition coefficient (Wildman–Crippen LogP) is 3.69. The Kier molecular flexibility index (Phi) is 7.35. The fraction of sp³-hybridized carbons (Fsp3) is 0.600. The van der Waals surface area contributed by atoms with Crippen molar-refractivity contribution in [2.75, 3.05) is 59.7 Å². The van der Waals surface area contributed by atoms with E-state index in [4.69, 9.17) is 14.6 Å². The van der Waals surface area contributed by atoms with Gasteiger partial charge in [0.25, 0.3) is 5.91 Å². The molecule has 0 saturated carbocycles. The van der Waals surface area contributed by atoms with Crippen molar-refractivity contribution in [2.45, 2.75) is 42.4 Å². The first kappa shape index (κ1) is 22.9. The monoisotopic (exact) mass is 470 g/mol. The summed E-state index contributed by atoms with van der Waals surface area (Å²) in [5, 5.41) is 5.06. The van der Waals surface area contributed by atoms with Gasteiger partial charge in [-0.2, -0.15) is 5.10 Å². The molecule has 2 saturated heterocycles. The number of fused-ring (bicyclic) bond motifs is 3. The Bertz CT molecular complexity index is 973. The number of thioether (sulfide) groups is 1. The molecule has 0 spiro atoms. The summed E-state index contributed by atoms with van der Waals surface area (Å²) >= 11 is 1.82. The number of rotatable bonds is 6. The molecule has 0 N–H and O–H groups in total. The predicted molar refractivity (Wildman–Crippen MR) is 130 cm³/mol. The van der Waals surface area contributed by atoms with Crippen LogP contribution in [0.25, 0.3) is 11.3 Å². The van der Waals surface area contributed by atoms with Crippen LogP contribution in [0.5, 0.6) is 0 Å². The Morgan fingerprint density at radius 3 is 2.88 bits per heavy atom. The third kappa shape index (κ3) is 4.85. The zero-order valence-electron chi connectivity index (χ0n) is 19.5. The highest BCUT2D eigenvalue weighted by Crippen LogP contribution is 2.44. The quantitative estimate of drug-likeness (QED) is 0.600. The van der Waals surface area contributed by atoms with E-state index in [0.717, 1.165) is 63.2 Å². The molecule has 1 atom stereocenters. The largest absolute Gasteiger partial charge is 0.385 e. The maximum Gasteiger partial charge on any atom is 0.274 e. The van der Waals surface area contributed by atoms with Gasteiger partial charge in [-0.25, -0.2) is 0 Å². The number of methoxy groups -OCH3 is 1. The van der Waals surface area contributed by atoms with Gasteiger partial charge >= 0.3 is 0 Å². The SMILES string of the molecule is COCCCN1CCCC(n2nc(C(=O)N3CCOCC3)c3c2-c2ccccc2SC3)CC1. The van der Waals surface area contributed by atoms with Crippen LogP contribution in [0.1, 0.15) is 47.8 Å². The van der Waals surface area contributed by atoms with Crippen LogP contribution >= 0.6 is 11.8 Å². The van der Waals surface area contributed by atoms with Gasteiger partial charge in [-0.3, -0.25) is 9.48 Å². The summed E-state index contributed by atoms with van der Waals surface area (Å²) < 4.78 is 12.9. The highest BCUT2D eigenvalue weighted by Gasteiger charge is 2.33. The Morgan fingerprint density at radius 1 is 1.18 bits per heavy atom. The smallest absolute Gasteiger partial charge is 0.274 e. The molecule has 3 aliphatic heterocycles. The second-order valence-electron chi connectivity index (χ2n) is 9.08. The third-order valence-electron chi connectivity index (χ3n) is 6.98. The van der Waals surface area contributed by atoms with E-state index in [9.17, 15) is 4.79 Å². The van der Waals surface area contributed by atoms with Crippen molar-refractivity contribution < 1.29 is 14.3 Å². The fourth-order valence-corrected chi connectivity index (χ4v) is 6.29. The van der Waals surface area contributed by atoms with E-state index in [1.54, 1.807) is 7.11 Å². The van der Waals surface area contributed by atoms with E-state index in [1.807, 2.05) is 16.7 Å². The molecule has 0 bridgehead atoms. The van der Waals surface area contributed by atoms with E-state index >= 15 is 0 Å². The summed E-state index contributed by atoms with van der Waals surface area (Å²) in [6, 6.07) is 8.89. The molecule has 1 aromatic heterocycles. The Morgan fingerprint density at radius 2 is 2.03 bits per heavy atom. The second kappa shape index (κ2) is 10.6. The number of morpholine rings is 1. The van der Waals surface area contributed by atoms with Crippen molar-refractivity contribution in [3.8, 4) is 11.3 Å². The lowest BCUT2D eigenvalue weighted by Gasteiger charge is -2.26. The van der Waals surface area contributed by atoms with Crippen molar-refractivity contribution in [3.05, 3.63) is 35.5 Å². The summed E-state index contributed by atoms with van der Waals surface area (Å²) in [5.41, 5.74) is 4.14. The van der Waals surface area contributed by atoms with E-state index in [2.05, 4.69) is 33.8 Å². The van der Waals surface area contributed by atoms with Crippen LogP contribution in [0.3, 0.4) is 0 Å². The molecule has 33 heavy (non-hydrogen) atoms. The van der Waals surface area contributed by atoms with Crippen molar-refractivity contribution in [3.63, 3.8) is 0 Å². The first-order valence-electron chi connectivity index (χ1n) is 12.2. The molecule has 1 aromatic carbocycles. The summed E-state index contributed by atoms with van der Waals surface area (Å²) in [5.74, 6) is 0.858. The van der Waals surface area contributed by atoms with Gasteiger partial charge < -0.3 is 19.3 Å². The van der Waals surface area contributed by atoms with Gasteiger partial charge in [0.1, 0.15) is 0 Å². The van der Waals surface area contributed by atoms with Crippen LogP contribution in [0.4, 0.5) is 0 Å². The molecule has 2 aromatic rings. The highest BCUT2D eigenvalue weighted by atomic mass is 32.2. The van der Waals surface area contributed by atoms with E-state index in [1.165, 1.54) is 16.2 Å². The first-order valence-corrected chi connectivity index (χ1v) is 13.2. The second-order valence-corrected chi connectivity index (χ2v) is 10.1. The maximum absolute atomic E-state index is 13.5. The summed E-state index contributed by atoms with van der Waals surface area (Å²) in [6.07, 6.45) is 4.37. The van der Waals surface area contributed by atoms with Crippen LogP contribution < -0.4 is 0 Å². The van der Waals surface area contributed by atoms with Gasteiger partial charge in [0.05, 0.1) is 24.9 Å². The molecule has 0 radical (unpaired) electrons. The van der Waals surface area contributed by atoms with Gasteiger partial charge in [-0.05, 0) is 38.3 Å². The standard InChI is InChI=1S/C25H34N4O3S/c1-31-15-5-11-27-10-4-6-19(9-12-27)29-24-20-7-2-3-8-22(20)33-18-21(24)23(26-29)25(30)28-13-16-32-17-14-28/h2-3,7-8,19H,4-6,9-18H2,1H3. The molecule has 1 unspecified atom stereocenters. The average molecular weight is 471 g/mol. The number of aromatic nitrogens is 2. The number of nitrogens with zero attached hydrogens (tertiary/aromatic N) is 4. The molecule has 3 aliphatic rings. The molecule has 5 rings (SSSR count). The van der Waals surface area contributed by atoms with Gasteiger partial charge in [-0.1, -0.05) is 18.2 Å². The maximum atomic E-state index is 13.5. The number of benzene rings is 1. The van der Waals surface area contributed by atoms with Crippen molar-refractivity contribution >= 4 is 17.7 Å². The molecule has 2 fully saturated rings. The van der Waals surface area contributed by atoms with Crippen LogP contribution in [-0.4, -0.2) is 85.1 Å². The minimum absolute atomic E-state index is 0.0584. The third-order valence-corrected chi connectivity index (χ3v) is 8.08. The molecular weight excluding hydrogens is 436 g/mol. The van der Waals surface area contributed by atoms with Crippen molar-refractivity contribution in [1.29, 1.82) is 0 Å². The summed E-state index contributed by atoms with van der Waals surface area (Å²) in [6.45, 7) is 6.57. The average Bonchev–Trinajstić information content (AvgIpc) is 3.10. The van der Waals surface area contributed by atoms with Crippen LogP contribution in [0.15, 0.2) is 29.2 Å². The molecule has 1 amide bonds. The molecule has 8 heteroatoms. The number of hydrogen-bond donors (Lipinski definition) is 0. The Balaban J connectivity index is 1.46. The Labute approximate surface area is 200 Å². The van der Waals surface area contributed by atoms with Crippen LogP contribution in [-0.2, 0) is 15.2 Å². The number of carbonyl (C=O) groups is 1. The van der Waals surface area contributed by atoms with E-state index in [-0.39, 0.29) is 5.91 Å². The first-order chi connectivity index (χ1) is 16.3. The number of amides is 1. The van der Waals surface area contributed by atoms with Crippen LogP contribution in [0.2, 0.25) is 0 Å². The molecule has 7 nitrogen and oxygen atoms in total. The minimum Gasteiger partial charge on any atom is -0.385 e. The number of hydrogen-bond acceptors (Lipinski definition) is 6. The molecule has 0 aliphatic carbocycles. The zero-order chi connectivity index (χ0) is 22.6. The van der Waals surface area contributed by atoms with Crippen molar-refractivity contribution in [1.82, 2.24) is 19.6 Å². The molecule has 4 heterocycles. The minimum atomic E-state index is 0.0584. The van der Waals surface area contributed by atoms with Gasteiger partial charge in [0, 0.05) is 61.7 Å². The lowest BCUT2D eigenvalue weighted by atomic mass is 10.0. The molecular formula is C25H34N4O3S. The van der Waals surface area contributed by atoms with Gasteiger partial charge in [-0.15, -0.1) is 11.8 Å². The van der Waals surface area contributed by atoms with E-state index < -0.39 is 0 Å². The lowest BCUT2D eigenvalue weighted by Crippen LogP contribution is -2.41. The summed E-state index contributed by atoms with van der Waals surface area (Å²) in [4.78, 5) is 19.3. The van der Waals surface area contributed by atoms with Gasteiger partial charge in [0.2, 0.25) is 0 Å². The molecule has 178 valence electrons. The van der Waals surface area contributed by atoms with Crippen molar-refractivity contribution in [2.24, 2.45) is 0 Å². The highest BCUT2D eigenvalue weighted by molar-refractivity contribution is 7.98. The zero-order valence-corrected chi connectivity index (χ0v) is 20.3. The number of carbonyl (C=O) groups excluding carboxylic acids is 1. The lowest BCUT2D eigenvalue weighted by molar-refractivity contribution is 0.0297. The number of ether oxygens (including phenoxy) is 2. The normalized spacial score (nSPS) is 21.4. The van der Waals surface area contributed by atoms with Gasteiger partial charge in [0.15, 0.2) is 5.69 Å². The van der Waals surface area contributed by atoms with Crippen LogP contribution in [0, 0.1) is 0 Å². The summed E-state index contributed by atoms with van der Waals surface area (Å²) in [7, 11) is 1.77. The number of likely N-dealkylation sites (tertiary alicyclic amines) is 1.